The first-order valence-electron chi connectivity index (χ1n) is 10.0. The molecule has 6 nitrogen and oxygen atoms in total. The summed E-state index contributed by atoms with van der Waals surface area (Å²) in [5.41, 5.74) is 0.479. The molecule has 28 heavy (non-hydrogen) atoms. The van der Waals surface area contributed by atoms with Crippen molar-refractivity contribution in [3.05, 3.63) is 29.6 Å². The van der Waals surface area contributed by atoms with E-state index in [1.54, 1.807) is 6.07 Å². The third kappa shape index (κ3) is 3.66. The number of nitrogens with zero attached hydrogens (tertiary/aromatic N) is 1. The highest BCUT2D eigenvalue weighted by Crippen LogP contribution is 2.42. The van der Waals surface area contributed by atoms with Crippen molar-refractivity contribution in [2.45, 2.75) is 51.2 Å². The summed E-state index contributed by atoms with van der Waals surface area (Å²) in [5, 5.41) is 2.84. The third-order valence-electron chi connectivity index (χ3n) is 6.44. The molecule has 0 aromatic heterocycles. The van der Waals surface area contributed by atoms with E-state index in [1.807, 2.05) is 18.7 Å². The molecule has 1 unspecified atom stereocenters. The first kappa shape index (κ1) is 19.0. The van der Waals surface area contributed by atoms with E-state index >= 15 is 0 Å². The van der Waals surface area contributed by atoms with E-state index in [0.717, 1.165) is 31.5 Å². The first-order valence-corrected chi connectivity index (χ1v) is 10.0. The molecule has 0 radical (unpaired) electrons. The molecule has 2 saturated heterocycles. The van der Waals surface area contributed by atoms with Crippen molar-refractivity contribution >= 4 is 12.0 Å². The van der Waals surface area contributed by atoms with Crippen molar-refractivity contribution in [3.63, 3.8) is 0 Å². The van der Waals surface area contributed by atoms with Crippen LogP contribution in [-0.2, 0) is 9.53 Å². The highest BCUT2D eigenvalue weighted by atomic mass is 19.1. The molecular formula is C21H27FN2O4. The van der Waals surface area contributed by atoms with Crippen LogP contribution in [0.3, 0.4) is 0 Å². The van der Waals surface area contributed by atoms with Crippen molar-refractivity contribution in [1.82, 2.24) is 10.2 Å². The second-order valence-corrected chi connectivity index (χ2v) is 8.48. The Labute approximate surface area is 164 Å². The average molecular weight is 390 g/mol. The molecule has 7 heteroatoms. The van der Waals surface area contributed by atoms with Gasteiger partial charge in [-0.1, -0.05) is 0 Å². The summed E-state index contributed by atoms with van der Waals surface area (Å²) in [6.07, 6.45) is 2.76. The second-order valence-electron chi connectivity index (χ2n) is 8.48. The number of ether oxygens (including phenoxy) is 2. The number of rotatable bonds is 4. The van der Waals surface area contributed by atoms with Crippen LogP contribution in [-0.4, -0.2) is 48.2 Å². The molecule has 1 aromatic rings. The maximum absolute atomic E-state index is 13.3. The number of nitrogens with one attached hydrogen (secondary N) is 1. The van der Waals surface area contributed by atoms with Crippen LogP contribution in [0, 0.1) is 24.6 Å². The van der Waals surface area contributed by atoms with E-state index in [1.165, 1.54) is 12.1 Å². The van der Waals surface area contributed by atoms with Gasteiger partial charge in [-0.3, -0.25) is 4.79 Å². The molecule has 1 aliphatic carbocycles. The maximum atomic E-state index is 13.3. The molecule has 152 valence electrons. The van der Waals surface area contributed by atoms with Gasteiger partial charge in [-0.15, -0.1) is 0 Å². The molecule has 2 aliphatic heterocycles. The monoisotopic (exact) mass is 390 g/mol. The standard InChI is InChI=1S/C21H27FN2O4/c1-13-9-17(22)3-4-18(13)28-14(2)15-5-7-24(8-6-15)19(25)16-10-21(11-16)12-27-20(26)23-21/h3-4,9,14-16H,5-8,10-12H2,1-2H3,(H,23,26). The molecule has 3 aliphatic rings. The van der Waals surface area contributed by atoms with Gasteiger partial charge < -0.3 is 19.7 Å². The minimum absolute atomic E-state index is 0.0132. The van der Waals surface area contributed by atoms with Crippen LogP contribution in [0.25, 0.3) is 0 Å². The quantitative estimate of drug-likeness (QED) is 0.858. The Morgan fingerprint density at radius 2 is 2.07 bits per heavy atom. The SMILES string of the molecule is Cc1cc(F)ccc1OC(C)C1CCN(C(=O)C2CC3(COC(=O)N3)C2)CC1. The van der Waals surface area contributed by atoms with Gasteiger partial charge in [0.05, 0.1) is 11.6 Å². The van der Waals surface area contributed by atoms with Crippen molar-refractivity contribution in [3.8, 4) is 5.75 Å². The van der Waals surface area contributed by atoms with Crippen LogP contribution in [0.5, 0.6) is 5.75 Å². The van der Waals surface area contributed by atoms with Crippen LogP contribution < -0.4 is 10.1 Å². The Morgan fingerprint density at radius 1 is 1.36 bits per heavy atom. The van der Waals surface area contributed by atoms with Crippen molar-refractivity contribution in [2.24, 2.45) is 11.8 Å². The number of cyclic esters (lactones) is 1. The van der Waals surface area contributed by atoms with E-state index < -0.39 is 0 Å². The van der Waals surface area contributed by atoms with Crippen LogP contribution in [0.1, 0.15) is 38.2 Å². The molecule has 1 saturated carbocycles. The van der Waals surface area contributed by atoms with E-state index in [0.29, 0.717) is 31.1 Å². The van der Waals surface area contributed by atoms with Gasteiger partial charge in [0.25, 0.3) is 0 Å². The number of amides is 2. The lowest BCUT2D eigenvalue weighted by atomic mass is 9.68. The molecular weight excluding hydrogens is 363 g/mol. The van der Waals surface area contributed by atoms with E-state index in [9.17, 15) is 14.0 Å². The van der Waals surface area contributed by atoms with E-state index in [2.05, 4.69) is 5.32 Å². The minimum atomic E-state index is -0.378. The third-order valence-corrected chi connectivity index (χ3v) is 6.44. The number of hydrogen-bond acceptors (Lipinski definition) is 4. The van der Waals surface area contributed by atoms with Gasteiger partial charge in [-0.05, 0) is 69.2 Å². The average Bonchev–Trinajstić information content (AvgIpc) is 3.04. The minimum Gasteiger partial charge on any atom is -0.490 e. The Balaban J connectivity index is 1.25. The molecule has 1 spiro atoms. The maximum Gasteiger partial charge on any atom is 0.407 e. The first-order chi connectivity index (χ1) is 13.3. The van der Waals surface area contributed by atoms with Gasteiger partial charge in [0.1, 0.15) is 18.2 Å². The van der Waals surface area contributed by atoms with Crippen molar-refractivity contribution in [1.29, 1.82) is 0 Å². The number of piperidine rings is 1. The highest BCUT2D eigenvalue weighted by Gasteiger charge is 2.53. The smallest absolute Gasteiger partial charge is 0.407 e. The molecule has 4 rings (SSSR count). The number of carbonyl (C=O) groups excluding carboxylic acids is 2. The number of benzene rings is 1. The van der Waals surface area contributed by atoms with Crippen LogP contribution in [0.2, 0.25) is 0 Å². The number of carbonyl (C=O) groups is 2. The zero-order chi connectivity index (χ0) is 19.9. The molecule has 0 bridgehead atoms. The second kappa shape index (κ2) is 7.26. The Morgan fingerprint density at radius 3 is 2.68 bits per heavy atom. The number of aryl methyl sites for hydroxylation is 1. The fraction of sp³-hybridized carbons (Fsp3) is 0.619. The number of alkyl carbamates (subject to hydrolysis) is 1. The molecule has 2 heterocycles. The summed E-state index contributed by atoms with van der Waals surface area (Å²) >= 11 is 0. The summed E-state index contributed by atoms with van der Waals surface area (Å²) in [6.45, 7) is 5.71. The van der Waals surface area contributed by atoms with Crippen molar-refractivity contribution < 1.29 is 23.5 Å². The molecule has 3 fully saturated rings. The van der Waals surface area contributed by atoms with E-state index in [-0.39, 0.29) is 35.4 Å². The Bertz CT molecular complexity index is 770. The zero-order valence-corrected chi connectivity index (χ0v) is 16.4. The van der Waals surface area contributed by atoms with Crippen LogP contribution in [0.4, 0.5) is 9.18 Å². The molecule has 2 amide bonds. The largest absolute Gasteiger partial charge is 0.490 e. The molecule has 1 atom stereocenters. The lowest BCUT2D eigenvalue weighted by Crippen LogP contribution is -2.58. The van der Waals surface area contributed by atoms with Gasteiger partial charge in [0.2, 0.25) is 5.91 Å². The summed E-state index contributed by atoms with van der Waals surface area (Å²) in [7, 11) is 0. The Kier molecular flexibility index (Phi) is 4.93. The van der Waals surface area contributed by atoms with Gasteiger partial charge >= 0.3 is 6.09 Å². The lowest BCUT2D eigenvalue weighted by Gasteiger charge is -2.45. The predicted molar refractivity (Wildman–Crippen MR) is 100 cm³/mol. The summed E-state index contributed by atoms with van der Waals surface area (Å²) in [4.78, 5) is 25.9. The number of halogens is 1. The van der Waals surface area contributed by atoms with E-state index in [4.69, 9.17) is 9.47 Å². The van der Waals surface area contributed by atoms with Gasteiger partial charge in [-0.2, -0.15) is 0 Å². The van der Waals surface area contributed by atoms with Gasteiger partial charge in [0, 0.05) is 19.0 Å². The lowest BCUT2D eigenvalue weighted by molar-refractivity contribution is -0.143. The predicted octanol–water partition coefficient (Wildman–Crippen LogP) is 3.03. The van der Waals surface area contributed by atoms with Crippen LogP contribution in [0.15, 0.2) is 18.2 Å². The summed E-state index contributed by atoms with van der Waals surface area (Å²) in [6, 6.07) is 4.57. The normalized spacial score (nSPS) is 28.5. The Hall–Kier alpha value is -2.31. The fourth-order valence-electron chi connectivity index (χ4n) is 4.66. The number of likely N-dealkylation sites (tertiary alicyclic amines) is 1. The number of hydrogen-bond donors (Lipinski definition) is 1. The van der Waals surface area contributed by atoms with Gasteiger partial charge in [0.15, 0.2) is 0 Å². The topological polar surface area (TPSA) is 67.9 Å². The van der Waals surface area contributed by atoms with Crippen LogP contribution >= 0.6 is 0 Å². The zero-order valence-electron chi connectivity index (χ0n) is 16.4. The highest BCUT2D eigenvalue weighted by molar-refractivity contribution is 5.81. The summed E-state index contributed by atoms with van der Waals surface area (Å²) in [5.74, 6) is 0.991. The summed E-state index contributed by atoms with van der Waals surface area (Å²) < 4.78 is 24.3. The molecule has 1 N–H and O–H groups in total. The van der Waals surface area contributed by atoms with Crippen molar-refractivity contribution in [2.75, 3.05) is 19.7 Å². The molecule has 1 aromatic carbocycles. The van der Waals surface area contributed by atoms with Gasteiger partial charge in [-0.25, -0.2) is 9.18 Å². The fourth-order valence-corrected chi connectivity index (χ4v) is 4.66.